The zero-order valence-electron chi connectivity index (χ0n) is 10.7. The van der Waals surface area contributed by atoms with Crippen molar-refractivity contribution < 1.29 is 8.78 Å². The van der Waals surface area contributed by atoms with Crippen LogP contribution in [0.5, 0.6) is 0 Å². The topological polar surface area (TPSA) is 24.9 Å². The molecular formula is C15H16F2N2. The van der Waals surface area contributed by atoms with Gasteiger partial charge in [0.2, 0.25) is 0 Å². The van der Waals surface area contributed by atoms with Crippen LogP contribution >= 0.6 is 0 Å². The Morgan fingerprint density at radius 1 is 1.11 bits per heavy atom. The van der Waals surface area contributed by atoms with Crippen LogP contribution in [-0.4, -0.2) is 4.98 Å². The molecule has 0 aliphatic heterocycles. The van der Waals surface area contributed by atoms with Gasteiger partial charge < -0.3 is 5.32 Å². The van der Waals surface area contributed by atoms with Gasteiger partial charge in [-0.25, -0.2) is 8.78 Å². The Hall–Kier alpha value is -1.81. The van der Waals surface area contributed by atoms with Crippen LogP contribution in [0.25, 0.3) is 0 Å². The van der Waals surface area contributed by atoms with Crippen LogP contribution in [0, 0.1) is 0 Å². The lowest BCUT2D eigenvalue weighted by Gasteiger charge is -2.14. The van der Waals surface area contributed by atoms with E-state index in [1.807, 2.05) is 25.3 Å². The summed E-state index contributed by atoms with van der Waals surface area (Å²) in [5.41, 5.74) is 2.15. The molecule has 0 saturated carbocycles. The Labute approximate surface area is 111 Å². The molecule has 100 valence electrons. The molecule has 2 aromatic rings. The number of hydrogen-bond acceptors (Lipinski definition) is 2. The van der Waals surface area contributed by atoms with Crippen molar-refractivity contribution in [2.45, 2.75) is 25.9 Å². The number of hydrogen-bond donors (Lipinski definition) is 1. The summed E-state index contributed by atoms with van der Waals surface area (Å²) in [4.78, 5) is 4.07. The first-order chi connectivity index (χ1) is 9.16. The summed E-state index contributed by atoms with van der Waals surface area (Å²) >= 11 is 0. The van der Waals surface area contributed by atoms with Crippen LogP contribution in [0.1, 0.15) is 36.1 Å². The van der Waals surface area contributed by atoms with Gasteiger partial charge in [0, 0.05) is 30.5 Å². The molecule has 0 radical (unpaired) electrons. The molecule has 1 aromatic carbocycles. The molecular weight excluding hydrogens is 246 g/mol. The number of aromatic nitrogens is 1. The lowest BCUT2D eigenvalue weighted by Crippen LogP contribution is -2.18. The first kappa shape index (κ1) is 13.6. The first-order valence-corrected chi connectivity index (χ1v) is 6.17. The van der Waals surface area contributed by atoms with Crippen LogP contribution in [0.4, 0.5) is 8.78 Å². The smallest absolute Gasteiger partial charge is 0.263 e. The fourth-order valence-electron chi connectivity index (χ4n) is 1.80. The van der Waals surface area contributed by atoms with Gasteiger partial charge in [0.1, 0.15) is 0 Å². The van der Waals surface area contributed by atoms with Gasteiger partial charge in [-0.3, -0.25) is 4.98 Å². The summed E-state index contributed by atoms with van der Waals surface area (Å²) in [7, 11) is 0. The van der Waals surface area contributed by atoms with Crippen LogP contribution in [0.3, 0.4) is 0 Å². The number of alkyl halides is 2. The SMILES string of the molecule is C[C@H](NCc1ccc(C(F)F)cc1)c1cccnc1. The Morgan fingerprint density at radius 2 is 1.84 bits per heavy atom. The Morgan fingerprint density at radius 3 is 2.42 bits per heavy atom. The van der Waals surface area contributed by atoms with Crippen molar-refractivity contribution in [2.24, 2.45) is 0 Å². The van der Waals surface area contributed by atoms with Gasteiger partial charge in [0.25, 0.3) is 6.43 Å². The van der Waals surface area contributed by atoms with E-state index in [1.54, 1.807) is 18.3 Å². The molecule has 0 spiro atoms. The maximum Gasteiger partial charge on any atom is 0.263 e. The average molecular weight is 262 g/mol. The second kappa shape index (κ2) is 6.38. The maximum absolute atomic E-state index is 12.4. The minimum Gasteiger partial charge on any atom is -0.306 e. The third-order valence-corrected chi connectivity index (χ3v) is 3.03. The molecule has 2 nitrogen and oxygen atoms in total. The van der Waals surface area contributed by atoms with Crippen molar-refractivity contribution in [1.29, 1.82) is 0 Å². The van der Waals surface area contributed by atoms with E-state index in [0.717, 1.165) is 11.1 Å². The number of nitrogens with one attached hydrogen (secondary N) is 1. The van der Waals surface area contributed by atoms with Crippen molar-refractivity contribution in [3.8, 4) is 0 Å². The fraction of sp³-hybridized carbons (Fsp3) is 0.267. The standard InChI is InChI=1S/C15H16F2N2/c1-11(14-3-2-8-18-10-14)19-9-12-4-6-13(7-5-12)15(16)17/h2-8,10-11,15,19H,9H2,1H3/t11-/m0/s1. The molecule has 1 heterocycles. The van der Waals surface area contributed by atoms with E-state index in [1.165, 1.54) is 12.1 Å². The average Bonchev–Trinajstić information content (AvgIpc) is 2.46. The molecule has 1 atom stereocenters. The van der Waals surface area contributed by atoms with Gasteiger partial charge >= 0.3 is 0 Å². The van der Waals surface area contributed by atoms with Gasteiger partial charge in [-0.15, -0.1) is 0 Å². The lowest BCUT2D eigenvalue weighted by molar-refractivity contribution is 0.151. The summed E-state index contributed by atoms with van der Waals surface area (Å²) in [5, 5.41) is 3.34. The first-order valence-electron chi connectivity index (χ1n) is 6.17. The molecule has 0 fully saturated rings. The monoisotopic (exact) mass is 262 g/mol. The van der Waals surface area contributed by atoms with E-state index in [2.05, 4.69) is 10.3 Å². The highest BCUT2D eigenvalue weighted by Crippen LogP contribution is 2.19. The molecule has 0 aliphatic carbocycles. The van der Waals surface area contributed by atoms with Crippen molar-refractivity contribution in [1.82, 2.24) is 10.3 Å². The third-order valence-electron chi connectivity index (χ3n) is 3.03. The predicted molar refractivity (Wildman–Crippen MR) is 70.9 cm³/mol. The number of benzene rings is 1. The molecule has 0 bridgehead atoms. The molecule has 0 amide bonds. The maximum atomic E-state index is 12.4. The molecule has 2 rings (SSSR count). The molecule has 19 heavy (non-hydrogen) atoms. The summed E-state index contributed by atoms with van der Waals surface area (Å²) in [6.07, 6.45) is 1.15. The Kier molecular flexibility index (Phi) is 4.58. The quantitative estimate of drug-likeness (QED) is 0.884. The Bertz CT molecular complexity index is 497. The number of halogens is 2. The van der Waals surface area contributed by atoms with Crippen molar-refractivity contribution >= 4 is 0 Å². The number of nitrogens with zero attached hydrogens (tertiary/aromatic N) is 1. The lowest BCUT2D eigenvalue weighted by atomic mass is 10.1. The van der Waals surface area contributed by atoms with E-state index in [4.69, 9.17) is 0 Å². The summed E-state index contributed by atoms with van der Waals surface area (Å²) in [6.45, 7) is 2.68. The van der Waals surface area contributed by atoms with Crippen molar-refractivity contribution in [3.05, 3.63) is 65.5 Å². The van der Waals surface area contributed by atoms with Crippen molar-refractivity contribution in [3.63, 3.8) is 0 Å². The van der Waals surface area contributed by atoms with Crippen LogP contribution in [-0.2, 0) is 6.54 Å². The minimum absolute atomic E-state index is 0.0593. The fourth-order valence-corrected chi connectivity index (χ4v) is 1.80. The molecule has 0 saturated heterocycles. The molecule has 4 heteroatoms. The molecule has 0 unspecified atom stereocenters. The number of rotatable bonds is 5. The zero-order valence-corrected chi connectivity index (χ0v) is 10.7. The Balaban J connectivity index is 1.92. The van der Waals surface area contributed by atoms with E-state index >= 15 is 0 Å². The molecule has 1 aromatic heterocycles. The zero-order chi connectivity index (χ0) is 13.7. The third kappa shape index (κ3) is 3.83. The van der Waals surface area contributed by atoms with Crippen LogP contribution < -0.4 is 5.32 Å². The normalized spacial score (nSPS) is 12.6. The predicted octanol–water partition coefficient (Wildman–Crippen LogP) is 3.87. The number of pyridine rings is 1. The van der Waals surface area contributed by atoms with Gasteiger partial charge in [-0.1, -0.05) is 30.3 Å². The second-order valence-electron chi connectivity index (χ2n) is 4.43. The largest absolute Gasteiger partial charge is 0.306 e. The molecule has 0 aliphatic rings. The second-order valence-corrected chi connectivity index (χ2v) is 4.43. The summed E-state index contributed by atoms with van der Waals surface area (Å²) in [6, 6.07) is 10.5. The molecule has 1 N–H and O–H groups in total. The van der Waals surface area contributed by atoms with E-state index in [9.17, 15) is 8.78 Å². The van der Waals surface area contributed by atoms with Gasteiger partial charge in [0.15, 0.2) is 0 Å². The van der Waals surface area contributed by atoms with Crippen LogP contribution in [0.2, 0.25) is 0 Å². The highest BCUT2D eigenvalue weighted by atomic mass is 19.3. The summed E-state index contributed by atoms with van der Waals surface area (Å²) in [5.74, 6) is 0. The van der Waals surface area contributed by atoms with E-state index in [0.29, 0.717) is 6.54 Å². The van der Waals surface area contributed by atoms with E-state index in [-0.39, 0.29) is 11.6 Å². The van der Waals surface area contributed by atoms with E-state index < -0.39 is 6.43 Å². The minimum atomic E-state index is -2.41. The van der Waals surface area contributed by atoms with Gasteiger partial charge in [-0.2, -0.15) is 0 Å². The summed E-state index contributed by atoms with van der Waals surface area (Å²) < 4.78 is 24.8. The van der Waals surface area contributed by atoms with Crippen molar-refractivity contribution in [2.75, 3.05) is 0 Å². The van der Waals surface area contributed by atoms with Gasteiger partial charge in [0.05, 0.1) is 0 Å². The highest BCUT2D eigenvalue weighted by Gasteiger charge is 2.07. The highest BCUT2D eigenvalue weighted by molar-refractivity contribution is 5.23. The van der Waals surface area contributed by atoms with Gasteiger partial charge in [-0.05, 0) is 24.1 Å². The van der Waals surface area contributed by atoms with Crippen LogP contribution in [0.15, 0.2) is 48.8 Å².